The molecule has 1 fully saturated rings. The van der Waals surface area contributed by atoms with Crippen LogP contribution in [0.3, 0.4) is 0 Å². The Labute approximate surface area is 159 Å². The molecule has 1 aliphatic heterocycles. The lowest BCUT2D eigenvalue weighted by molar-refractivity contribution is -0.114. The standard InChI is InChI=1S/C18H24N4O4S/c1-14-12-17(20-26-14)13-21-8-3-9-22(11-10-21)27(24,25)18-6-4-16(5-7-18)19-15(2)23/h4-7,12H,3,8-11,13H2,1-2H3,(H,19,23). The minimum absolute atomic E-state index is 0.194. The summed E-state index contributed by atoms with van der Waals surface area (Å²) in [4.78, 5) is 13.5. The third-order valence-electron chi connectivity index (χ3n) is 4.42. The van der Waals surface area contributed by atoms with Crippen LogP contribution >= 0.6 is 0 Å². The fraction of sp³-hybridized carbons (Fsp3) is 0.444. The van der Waals surface area contributed by atoms with Crippen molar-refractivity contribution in [2.45, 2.75) is 31.7 Å². The average molecular weight is 392 g/mol. The maximum atomic E-state index is 12.9. The summed E-state index contributed by atoms with van der Waals surface area (Å²) in [5, 5.41) is 6.64. The number of amides is 1. The number of nitrogens with zero attached hydrogens (tertiary/aromatic N) is 3. The highest BCUT2D eigenvalue weighted by Gasteiger charge is 2.27. The van der Waals surface area contributed by atoms with Gasteiger partial charge in [0.1, 0.15) is 5.76 Å². The van der Waals surface area contributed by atoms with E-state index in [4.69, 9.17) is 4.52 Å². The smallest absolute Gasteiger partial charge is 0.243 e. The molecule has 1 N–H and O–H groups in total. The summed E-state index contributed by atoms with van der Waals surface area (Å²) >= 11 is 0. The SMILES string of the molecule is CC(=O)Nc1ccc(S(=O)(=O)N2CCCN(Cc3cc(C)on3)CC2)cc1. The van der Waals surface area contributed by atoms with Crippen molar-refractivity contribution >= 4 is 21.6 Å². The van der Waals surface area contributed by atoms with Gasteiger partial charge in [-0.2, -0.15) is 4.31 Å². The van der Waals surface area contributed by atoms with Crippen LogP contribution in [0.5, 0.6) is 0 Å². The number of carbonyl (C=O) groups is 1. The zero-order valence-electron chi connectivity index (χ0n) is 15.5. The fourth-order valence-corrected chi connectivity index (χ4v) is 4.60. The van der Waals surface area contributed by atoms with E-state index >= 15 is 0 Å². The van der Waals surface area contributed by atoms with Gasteiger partial charge in [0.05, 0.1) is 10.6 Å². The van der Waals surface area contributed by atoms with E-state index in [1.165, 1.54) is 23.4 Å². The van der Waals surface area contributed by atoms with E-state index in [1.54, 1.807) is 12.1 Å². The lowest BCUT2D eigenvalue weighted by atomic mass is 10.3. The highest BCUT2D eigenvalue weighted by atomic mass is 32.2. The summed E-state index contributed by atoms with van der Waals surface area (Å²) in [5.74, 6) is 0.576. The van der Waals surface area contributed by atoms with Gasteiger partial charge in [-0.15, -0.1) is 0 Å². The van der Waals surface area contributed by atoms with Crippen LogP contribution in [0.1, 0.15) is 24.8 Å². The minimum Gasteiger partial charge on any atom is -0.361 e. The number of rotatable bonds is 5. The van der Waals surface area contributed by atoms with Gasteiger partial charge in [-0.3, -0.25) is 9.69 Å². The number of hydrogen-bond donors (Lipinski definition) is 1. The van der Waals surface area contributed by atoms with Gasteiger partial charge >= 0.3 is 0 Å². The fourth-order valence-electron chi connectivity index (χ4n) is 3.13. The van der Waals surface area contributed by atoms with Crippen LogP contribution in [0, 0.1) is 6.92 Å². The number of aryl methyl sites for hydroxylation is 1. The van der Waals surface area contributed by atoms with Crippen molar-refractivity contribution in [3.63, 3.8) is 0 Å². The number of nitrogens with one attached hydrogen (secondary N) is 1. The van der Waals surface area contributed by atoms with Crippen LogP contribution in [0.15, 0.2) is 39.8 Å². The topological polar surface area (TPSA) is 95.8 Å². The van der Waals surface area contributed by atoms with Crippen molar-refractivity contribution < 1.29 is 17.7 Å². The average Bonchev–Trinajstić information content (AvgIpc) is 2.87. The second-order valence-corrected chi connectivity index (χ2v) is 8.61. The Bertz CT molecular complexity index is 892. The van der Waals surface area contributed by atoms with Crippen LogP contribution in [-0.4, -0.2) is 54.9 Å². The molecule has 1 amide bonds. The predicted molar refractivity (Wildman–Crippen MR) is 101 cm³/mol. The first-order valence-electron chi connectivity index (χ1n) is 8.87. The van der Waals surface area contributed by atoms with Crippen LogP contribution in [0.2, 0.25) is 0 Å². The number of hydrogen-bond acceptors (Lipinski definition) is 6. The van der Waals surface area contributed by atoms with E-state index in [0.717, 1.165) is 24.4 Å². The molecular formula is C18H24N4O4S. The molecule has 8 nitrogen and oxygen atoms in total. The monoisotopic (exact) mass is 392 g/mol. The molecule has 9 heteroatoms. The molecule has 146 valence electrons. The molecule has 1 aliphatic rings. The van der Waals surface area contributed by atoms with E-state index in [1.807, 2.05) is 13.0 Å². The van der Waals surface area contributed by atoms with Gasteiger partial charge in [0.15, 0.2) is 0 Å². The Morgan fingerprint density at radius 1 is 1.19 bits per heavy atom. The van der Waals surface area contributed by atoms with Crippen molar-refractivity contribution in [1.82, 2.24) is 14.4 Å². The summed E-state index contributed by atoms with van der Waals surface area (Å²) in [7, 11) is -3.56. The minimum atomic E-state index is -3.56. The summed E-state index contributed by atoms with van der Waals surface area (Å²) in [6.45, 7) is 6.25. The van der Waals surface area contributed by atoms with Gasteiger partial charge in [-0.1, -0.05) is 5.16 Å². The van der Waals surface area contributed by atoms with E-state index in [0.29, 0.717) is 31.9 Å². The van der Waals surface area contributed by atoms with Gasteiger partial charge < -0.3 is 9.84 Å². The Morgan fingerprint density at radius 3 is 2.56 bits per heavy atom. The zero-order valence-corrected chi connectivity index (χ0v) is 16.3. The third kappa shape index (κ3) is 4.94. The molecule has 0 aliphatic carbocycles. The molecule has 0 unspecified atom stereocenters. The highest BCUT2D eigenvalue weighted by Crippen LogP contribution is 2.20. The van der Waals surface area contributed by atoms with Crippen molar-refractivity contribution in [3.05, 3.63) is 41.8 Å². The lowest BCUT2D eigenvalue weighted by Crippen LogP contribution is -2.35. The number of aromatic nitrogens is 1. The molecule has 1 aromatic carbocycles. The number of carbonyl (C=O) groups excluding carboxylic acids is 1. The number of benzene rings is 1. The van der Waals surface area contributed by atoms with E-state index < -0.39 is 10.0 Å². The molecule has 1 aromatic heterocycles. The molecule has 0 saturated carbocycles. The second kappa shape index (κ2) is 8.20. The molecule has 27 heavy (non-hydrogen) atoms. The largest absolute Gasteiger partial charge is 0.361 e. The zero-order chi connectivity index (χ0) is 19.4. The maximum Gasteiger partial charge on any atom is 0.243 e. The molecule has 2 heterocycles. The van der Waals surface area contributed by atoms with Crippen LogP contribution in [0.4, 0.5) is 5.69 Å². The number of anilines is 1. The summed E-state index contributed by atoms with van der Waals surface area (Å²) in [6, 6.07) is 8.16. The molecule has 2 aromatic rings. The molecule has 3 rings (SSSR count). The van der Waals surface area contributed by atoms with Crippen molar-refractivity contribution in [1.29, 1.82) is 0 Å². The highest BCUT2D eigenvalue weighted by molar-refractivity contribution is 7.89. The van der Waals surface area contributed by atoms with Gasteiger partial charge in [-0.25, -0.2) is 8.42 Å². The number of sulfonamides is 1. The molecule has 0 bridgehead atoms. The Morgan fingerprint density at radius 2 is 1.93 bits per heavy atom. The quantitative estimate of drug-likeness (QED) is 0.834. The van der Waals surface area contributed by atoms with E-state index in [9.17, 15) is 13.2 Å². The molecule has 0 radical (unpaired) electrons. The summed E-state index contributed by atoms with van der Waals surface area (Å²) in [6.07, 6.45) is 0.750. The first kappa shape index (κ1) is 19.5. The van der Waals surface area contributed by atoms with Gasteiger partial charge in [0.2, 0.25) is 15.9 Å². The molecule has 1 saturated heterocycles. The Kier molecular flexibility index (Phi) is 5.93. The summed E-state index contributed by atoms with van der Waals surface area (Å²) < 4.78 is 32.5. The lowest BCUT2D eigenvalue weighted by Gasteiger charge is -2.21. The van der Waals surface area contributed by atoms with Crippen LogP contribution in [-0.2, 0) is 21.4 Å². The Hall–Kier alpha value is -2.23. The molecular weight excluding hydrogens is 368 g/mol. The molecule has 0 spiro atoms. The van der Waals surface area contributed by atoms with Crippen molar-refractivity contribution in [2.75, 3.05) is 31.5 Å². The van der Waals surface area contributed by atoms with Gasteiger partial charge in [0, 0.05) is 44.9 Å². The van der Waals surface area contributed by atoms with E-state index in [2.05, 4.69) is 15.4 Å². The summed E-state index contributed by atoms with van der Waals surface area (Å²) in [5.41, 5.74) is 1.43. The first-order valence-corrected chi connectivity index (χ1v) is 10.3. The van der Waals surface area contributed by atoms with Gasteiger partial charge in [0.25, 0.3) is 0 Å². The van der Waals surface area contributed by atoms with Crippen molar-refractivity contribution in [3.8, 4) is 0 Å². The van der Waals surface area contributed by atoms with Crippen LogP contribution in [0.25, 0.3) is 0 Å². The predicted octanol–water partition coefficient (Wildman–Crippen LogP) is 1.84. The third-order valence-corrected chi connectivity index (χ3v) is 6.34. The van der Waals surface area contributed by atoms with Gasteiger partial charge in [-0.05, 0) is 44.2 Å². The van der Waals surface area contributed by atoms with Crippen molar-refractivity contribution in [2.24, 2.45) is 0 Å². The molecule has 0 atom stereocenters. The second-order valence-electron chi connectivity index (χ2n) is 6.67. The van der Waals surface area contributed by atoms with Crippen LogP contribution < -0.4 is 5.32 Å². The van der Waals surface area contributed by atoms with E-state index in [-0.39, 0.29) is 10.8 Å². The Balaban J connectivity index is 1.65. The normalized spacial score (nSPS) is 16.8. The first-order chi connectivity index (χ1) is 12.8. The maximum absolute atomic E-state index is 12.9.